The van der Waals surface area contributed by atoms with Crippen molar-refractivity contribution in [3.8, 4) is 0 Å². The first-order valence-corrected chi connectivity index (χ1v) is 4.29. The van der Waals surface area contributed by atoms with Crippen LogP contribution in [0, 0.1) is 0 Å². The van der Waals surface area contributed by atoms with Crippen molar-refractivity contribution in [1.29, 1.82) is 0 Å². The van der Waals surface area contributed by atoms with Crippen LogP contribution in [0.2, 0.25) is 0 Å². The van der Waals surface area contributed by atoms with Gasteiger partial charge < -0.3 is 15.8 Å². The Kier molecular flexibility index (Phi) is 6.51. The molecule has 0 saturated carbocycles. The number of unbranched alkanes of at least 4 members (excludes halogenated alkanes) is 2. The van der Waals surface area contributed by atoms with Crippen molar-refractivity contribution >= 4 is 0 Å². The number of rotatable bonds is 6. The van der Waals surface area contributed by atoms with Crippen LogP contribution in [-0.2, 0) is 0 Å². The summed E-state index contributed by atoms with van der Waals surface area (Å²) in [5.74, 6) is 5.56. The zero-order valence-corrected chi connectivity index (χ0v) is 7.66. The van der Waals surface area contributed by atoms with E-state index in [2.05, 4.69) is 6.92 Å². The largest absolute Gasteiger partial charge is 0.399 e. The number of nitrogens with two attached hydrogens (primary N) is 2. The lowest BCUT2D eigenvalue weighted by molar-refractivity contribution is 0.318. The minimum atomic E-state index is -0.137. The number of hydrazine groups is 1. The van der Waals surface area contributed by atoms with Crippen molar-refractivity contribution in [2.24, 2.45) is 11.6 Å². The molecule has 0 aliphatic carbocycles. The molecule has 0 atom stereocenters. The lowest BCUT2D eigenvalue weighted by atomic mass is 10.2. The Hall–Kier alpha value is -0.740. The normalized spacial score (nSPS) is 11.8. The second-order valence-corrected chi connectivity index (χ2v) is 2.81. The van der Waals surface area contributed by atoms with Crippen molar-refractivity contribution in [1.82, 2.24) is 5.01 Å². The Balaban J connectivity index is 3.51. The standard InChI is InChI=1S/C8H19N3O/c1-2-3-4-5-11(10)6-8(9)7-12/h6,12H,2-5,7,9-10H2,1H3/b8-6-. The van der Waals surface area contributed by atoms with Crippen molar-refractivity contribution < 1.29 is 5.11 Å². The molecule has 0 bridgehead atoms. The van der Waals surface area contributed by atoms with Crippen LogP contribution in [0.15, 0.2) is 11.9 Å². The number of aliphatic hydroxyl groups excluding tert-OH is 1. The van der Waals surface area contributed by atoms with Crippen LogP contribution in [0.5, 0.6) is 0 Å². The van der Waals surface area contributed by atoms with Crippen LogP contribution >= 0.6 is 0 Å². The van der Waals surface area contributed by atoms with E-state index in [1.165, 1.54) is 17.9 Å². The first-order valence-electron chi connectivity index (χ1n) is 4.29. The monoisotopic (exact) mass is 173 g/mol. The first-order chi connectivity index (χ1) is 5.70. The molecule has 72 valence electrons. The molecule has 0 aliphatic rings. The van der Waals surface area contributed by atoms with Crippen LogP contribution in [0.4, 0.5) is 0 Å². The zero-order chi connectivity index (χ0) is 9.40. The number of nitrogens with zero attached hydrogens (tertiary/aromatic N) is 1. The second kappa shape index (κ2) is 6.94. The van der Waals surface area contributed by atoms with E-state index in [4.69, 9.17) is 16.7 Å². The molecule has 0 amide bonds. The summed E-state index contributed by atoms with van der Waals surface area (Å²) >= 11 is 0. The first kappa shape index (κ1) is 11.3. The molecule has 0 radical (unpaired) electrons. The van der Waals surface area contributed by atoms with E-state index >= 15 is 0 Å². The third-order valence-corrected chi connectivity index (χ3v) is 1.53. The van der Waals surface area contributed by atoms with E-state index in [-0.39, 0.29) is 6.61 Å². The van der Waals surface area contributed by atoms with Gasteiger partial charge in [0.1, 0.15) is 0 Å². The second-order valence-electron chi connectivity index (χ2n) is 2.81. The Morgan fingerprint density at radius 1 is 1.50 bits per heavy atom. The van der Waals surface area contributed by atoms with Crippen LogP contribution in [0.1, 0.15) is 26.2 Å². The third kappa shape index (κ3) is 6.00. The van der Waals surface area contributed by atoms with Gasteiger partial charge in [-0.05, 0) is 6.42 Å². The Morgan fingerprint density at radius 2 is 2.17 bits per heavy atom. The van der Waals surface area contributed by atoms with E-state index < -0.39 is 0 Å². The zero-order valence-electron chi connectivity index (χ0n) is 7.66. The van der Waals surface area contributed by atoms with Gasteiger partial charge in [-0.25, -0.2) is 5.84 Å². The molecule has 0 saturated heterocycles. The Labute approximate surface area is 73.8 Å². The minimum absolute atomic E-state index is 0.137. The maximum absolute atomic E-state index is 8.58. The molecule has 0 heterocycles. The summed E-state index contributed by atoms with van der Waals surface area (Å²) in [5.41, 5.74) is 5.76. The lowest BCUT2D eigenvalue weighted by Gasteiger charge is -2.13. The van der Waals surface area contributed by atoms with Crippen LogP contribution in [0.3, 0.4) is 0 Å². The molecule has 12 heavy (non-hydrogen) atoms. The molecule has 0 aromatic carbocycles. The smallest absolute Gasteiger partial charge is 0.0840 e. The summed E-state index contributed by atoms with van der Waals surface area (Å²) in [7, 11) is 0. The van der Waals surface area contributed by atoms with Crippen LogP contribution in [-0.4, -0.2) is 23.3 Å². The summed E-state index contributed by atoms with van der Waals surface area (Å²) in [6.45, 7) is 2.79. The van der Waals surface area contributed by atoms with E-state index in [0.717, 1.165) is 13.0 Å². The Bertz CT molecular complexity index is 136. The van der Waals surface area contributed by atoms with E-state index in [1.807, 2.05) is 0 Å². The maximum Gasteiger partial charge on any atom is 0.0840 e. The van der Waals surface area contributed by atoms with Crippen molar-refractivity contribution in [2.45, 2.75) is 26.2 Å². The van der Waals surface area contributed by atoms with E-state index in [1.54, 1.807) is 6.20 Å². The highest BCUT2D eigenvalue weighted by atomic mass is 16.3. The SMILES string of the molecule is CCCCCN(N)/C=C(\N)CO. The topological polar surface area (TPSA) is 75.5 Å². The Morgan fingerprint density at radius 3 is 2.67 bits per heavy atom. The highest BCUT2D eigenvalue weighted by molar-refractivity contribution is 4.94. The average Bonchev–Trinajstić information content (AvgIpc) is 2.05. The van der Waals surface area contributed by atoms with Gasteiger partial charge in [0.15, 0.2) is 0 Å². The third-order valence-electron chi connectivity index (χ3n) is 1.53. The number of hydrogen-bond donors (Lipinski definition) is 3. The minimum Gasteiger partial charge on any atom is -0.399 e. The molecule has 0 aromatic heterocycles. The fourth-order valence-corrected chi connectivity index (χ4v) is 0.863. The molecule has 0 unspecified atom stereocenters. The molecule has 0 aromatic rings. The summed E-state index contributed by atoms with van der Waals surface area (Å²) in [6, 6.07) is 0. The van der Waals surface area contributed by atoms with Gasteiger partial charge in [-0.1, -0.05) is 19.8 Å². The van der Waals surface area contributed by atoms with Gasteiger partial charge in [-0.15, -0.1) is 0 Å². The molecule has 5 N–H and O–H groups in total. The summed E-state index contributed by atoms with van der Waals surface area (Å²) in [5, 5.41) is 10.1. The predicted octanol–water partition coefficient (Wildman–Crippen LogP) is 0.145. The highest BCUT2D eigenvalue weighted by Gasteiger charge is 1.93. The van der Waals surface area contributed by atoms with E-state index in [9.17, 15) is 0 Å². The number of aliphatic hydroxyl groups is 1. The average molecular weight is 173 g/mol. The quantitative estimate of drug-likeness (QED) is 0.303. The maximum atomic E-state index is 8.58. The van der Waals surface area contributed by atoms with Crippen molar-refractivity contribution in [2.75, 3.05) is 13.2 Å². The van der Waals surface area contributed by atoms with Gasteiger partial charge in [0.05, 0.1) is 12.3 Å². The molecule has 4 nitrogen and oxygen atoms in total. The van der Waals surface area contributed by atoms with Gasteiger partial charge in [0.25, 0.3) is 0 Å². The summed E-state index contributed by atoms with van der Waals surface area (Å²) in [4.78, 5) is 0. The molecular formula is C8H19N3O. The lowest BCUT2D eigenvalue weighted by Crippen LogP contribution is -2.28. The molecule has 0 fully saturated rings. The van der Waals surface area contributed by atoms with E-state index in [0.29, 0.717) is 5.70 Å². The highest BCUT2D eigenvalue weighted by Crippen LogP contribution is 1.95. The summed E-state index contributed by atoms with van der Waals surface area (Å²) < 4.78 is 0. The molecule has 0 aliphatic heterocycles. The molecule has 0 rings (SSSR count). The van der Waals surface area contributed by atoms with Crippen LogP contribution < -0.4 is 11.6 Å². The predicted molar refractivity (Wildman–Crippen MR) is 49.8 cm³/mol. The van der Waals surface area contributed by atoms with Gasteiger partial charge in [0.2, 0.25) is 0 Å². The van der Waals surface area contributed by atoms with Crippen molar-refractivity contribution in [3.63, 3.8) is 0 Å². The van der Waals surface area contributed by atoms with Gasteiger partial charge in [-0.2, -0.15) is 0 Å². The summed E-state index contributed by atoms with van der Waals surface area (Å²) in [6.07, 6.45) is 4.96. The van der Waals surface area contributed by atoms with Gasteiger partial charge >= 0.3 is 0 Å². The molecule has 0 spiro atoms. The number of hydrogen-bond acceptors (Lipinski definition) is 4. The van der Waals surface area contributed by atoms with Gasteiger partial charge in [-0.3, -0.25) is 0 Å². The fraction of sp³-hybridized carbons (Fsp3) is 0.750. The van der Waals surface area contributed by atoms with Crippen LogP contribution in [0.25, 0.3) is 0 Å². The fourth-order valence-electron chi connectivity index (χ4n) is 0.863. The molecule has 4 heteroatoms. The van der Waals surface area contributed by atoms with Crippen molar-refractivity contribution in [3.05, 3.63) is 11.9 Å². The van der Waals surface area contributed by atoms with Gasteiger partial charge in [0, 0.05) is 12.7 Å². The molecular weight excluding hydrogens is 154 g/mol.